The zero-order chi connectivity index (χ0) is 5.70. The quantitative estimate of drug-likeness (QED) is 0.563. The summed E-state index contributed by atoms with van der Waals surface area (Å²) in [6.45, 7) is 0.803. The minimum atomic E-state index is -0.815. The lowest BCUT2D eigenvalue weighted by atomic mass is 10.5. The van der Waals surface area contributed by atoms with Crippen LogP contribution in [-0.2, 0) is 4.74 Å². The van der Waals surface area contributed by atoms with E-state index in [9.17, 15) is 4.39 Å². The van der Waals surface area contributed by atoms with Gasteiger partial charge in [0.15, 0.2) is 6.86 Å². The summed E-state index contributed by atoms with van der Waals surface area (Å²) in [5, 5.41) is 8.39. The van der Waals surface area contributed by atoms with Crippen molar-refractivity contribution in [2.75, 3.05) is 13.5 Å². The molecule has 2 nitrogen and oxygen atoms in total. The second kappa shape index (κ2) is 4.02. The molecule has 0 radical (unpaired) electrons. The highest BCUT2D eigenvalue weighted by Gasteiger charge is 1.91. The first-order valence-corrected chi connectivity index (χ1v) is 2.09. The van der Waals surface area contributed by atoms with Crippen LogP contribution in [0.5, 0.6) is 0 Å². The third-order valence-electron chi connectivity index (χ3n) is 0.436. The van der Waals surface area contributed by atoms with E-state index in [0.717, 1.165) is 0 Å². The van der Waals surface area contributed by atoms with Gasteiger partial charge in [-0.1, -0.05) is 0 Å². The van der Waals surface area contributed by atoms with Crippen LogP contribution in [0.2, 0.25) is 0 Å². The lowest BCUT2D eigenvalue weighted by Crippen LogP contribution is -2.09. The number of hydrogen-bond acceptors (Lipinski definition) is 2. The van der Waals surface area contributed by atoms with Crippen LogP contribution in [0.3, 0.4) is 0 Å². The summed E-state index contributed by atoms with van der Waals surface area (Å²) in [6, 6.07) is 0. The Labute approximate surface area is 41.9 Å². The van der Waals surface area contributed by atoms with Crippen LogP contribution in [-0.4, -0.2) is 24.7 Å². The van der Waals surface area contributed by atoms with Crippen molar-refractivity contribution in [3.05, 3.63) is 0 Å². The zero-order valence-corrected chi connectivity index (χ0v) is 4.22. The van der Waals surface area contributed by atoms with E-state index in [0.29, 0.717) is 0 Å². The van der Waals surface area contributed by atoms with E-state index in [2.05, 4.69) is 4.74 Å². The topological polar surface area (TPSA) is 29.5 Å². The van der Waals surface area contributed by atoms with E-state index in [-0.39, 0.29) is 6.61 Å². The van der Waals surface area contributed by atoms with Crippen LogP contribution >= 0.6 is 0 Å². The number of halogens is 1. The summed E-state index contributed by atoms with van der Waals surface area (Å²) < 4.78 is 15.2. The number of rotatable bonds is 3. The molecule has 1 unspecified atom stereocenters. The summed E-state index contributed by atoms with van der Waals surface area (Å²) in [6.07, 6.45) is -0.559. The molecular weight excluding hydrogens is 99.0 g/mol. The maximum Gasteiger partial charge on any atom is 0.188 e. The first-order chi connectivity index (χ1) is 3.27. The van der Waals surface area contributed by atoms with Gasteiger partial charge in [0.1, 0.15) is 0 Å². The van der Waals surface area contributed by atoms with Gasteiger partial charge in [-0.05, 0) is 6.92 Å². The van der Waals surface area contributed by atoms with Crippen LogP contribution in [0.1, 0.15) is 6.92 Å². The van der Waals surface area contributed by atoms with Crippen LogP contribution in [0.4, 0.5) is 4.39 Å². The maximum atomic E-state index is 11.0. The van der Waals surface area contributed by atoms with Crippen molar-refractivity contribution in [1.29, 1.82) is 0 Å². The highest BCUT2D eigenvalue weighted by Crippen LogP contribution is 1.80. The molecule has 1 N–H and O–H groups in total. The zero-order valence-electron chi connectivity index (χ0n) is 4.22. The van der Waals surface area contributed by atoms with Gasteiger partial charge < -0.3 is 9.84 Å². The molecule has 0 rings (SSSR count). The highest BCUT2D eigenvalue weighted by atomic mass is 19.1. The molecule has 0 aliphatic rings. The molecular formula is C4H9FO2. The van der Waals surface area contributed by atoms with E-state index in [1.54, 1.807) is 0 Å². The van der Waals surface area contributed by atoms with Crippen molar-refractivity contribution in [2.24, 2.45) is 0 Å². The van der Waals surface area contributed by atoms with Gasteiger partial charge in [0.05, 0.1) is 12.7 Å². The molecule has 1 atom stereocenters. The van der Waals surface area contributed by atoms with E-state index >= 15 is 0 Å². The number of alkyl halides is 1. The van der Waals surface area contributed by atoms with Crippen molar-refractivity contribution in [3.8, 4) is 0 Å². The lowest BCUT2D eigenvalue weighted by molar-refractivity contribution is 0.00327. The van der Waals surface area contributed by atoms with Crippen LogP contribution < -0.4 is 0 Å². The van der Waals surface area contributed by atoms with Gasteiger partial charge in [-0.25, -0.2) is 4.39 Å². The molecule has 0 aliphatic carbocycles. The first kappa shape index (κ1) is 6.85. The third kappa shape index (κ3) is 5.85. The van der Waals surface area contributed by atoms with Crippen LogP contribution in [0.25, 0.3) is 0 Å². The number of hydrogen-bond donors (Lipinski definition) is 1. The van der Waals surface area contributed by atoms with Crippen molar-refractivity contribution in [3.63, 3.8) is 0 Å². The minimum Gasteiger partial charge on any atom is -0.391 e. The maximum absolute atomic E-state index is 11.0. The number of aliphatic hydroxyl groups excluding tert-OH is 1. The van der Waals surface area contributed by atoms with Crippen LogP contribution in [0.15, 0.2) is 0 Å². The molecule has 0 saturated heterocycles. The van der Waals surface area contributed by atoms with Crippen molar-refractivity contribution in [2.45, 2.75) is 13.0 Å². The molecule has 3 heteroatoms. The van der Waals surface area contributed by atoms with Crippen molar-refractivity contribution >= 4 is 0 Å². The lowest BCUT2D eigenvalue weighted by Gasteiger charge is -1.99. The molecule has 7 heavy (non-hydrogen) atoms. The molecule has 0 bridgehead atoms. The smallest absolute Gasteiger partial charge is 0.188 e. The van der Waals surface area contributed by atoms with Gasteiger partial charge in [-0.2, -0.15) is 0 Å². The Hall–Kier alpha value is -0.150. The molecule has 44 valence electrons. The fraction of sp³-hybridized carbons (Fsp3) is 1.00. The second-order valence-corrected chi connectivity index (χ2v) is 1.33. The Morgan fingerprint density at radius 1 is 1.86 bits per heavy atom. The summed E-state index contributed by atoms with van der Waals surface area (Å²) in [4.78, 5) is 0. The predicted octanol–water partition coefficient (Wildman–Crippen LogP) is 0.311. The van der Waals surface area contributed by atoms with Gasteiger partial charge in [-0.15, -0.1) is 0 Å². The Bertz CT molecular complexity index is 38.7. The predicted molar refractivity (Wildman–Crippen MR) is 23.6 cm³/mol. The second-order valence-electron chi connectivity index (χ2n) is 1.33. The van der Waals surface area contributed by atoms with E-state index in [1.807, 2.05) is 0 Å². The normalized spacial score (nSPS) is 14.1. The fourth-order valence-electron chi connectivity index (χ4n) is 0.215. The summed E-state index contributed by atoms with van der Waals surface area (Å²) in [5.41, 5.74) is 0. The highest BCUT2D eigenvalue weighted by molar-refractivity contribution is 4.37. The number of ether oxygens (including phenoxy) is 1. The minimum absolute atomic E-state index is 0.0799. The average Bonchev–Trinajstić information content (AvgIpc) is 1.61. The van der Waals surface area contributed by atoms with E-state index in [4.69, 9.17) is 5.11 Å². The molecule has 0 amide bonds. The monoisotopic (exact) mass is 108 g/mol. The van der Waals surface area contributed by atoms with Gasteiger partial charge in [0, 0.05) is 0 Å². The molecule has 0 saturated carbocycles. The molecule has 0 heterocycles. The average molecular weight is 108 g/mol. The van der Waals surface area contributed by atoms with Gasteiger partial charge in [0.2, 0.25) is 0 Å². The Morgan fingerprint density at radius 3 is 2.57 bits per heavy atom. The van der Waals surface area contributed by atoms with Crippen molar-refractivity contribution < 1.29 is 14.2 Å². The standard InChI is InChI=1S/C4H9FO2/c1-4(6)2-7-3-5/h4,6H,2-3H2,1H3. The van der Waals surface area contributed by atoms with Crippen molar-refractivity contribution in [1.82, 2.24) is 0 Å². The Morgan fingerprint density at radius 2 is 2.43 bits per heavy atom. The molecule has 0 aliphatic heterocycles. The SMILES string of the molecule is CC(O)COCF. The van der Waals surface area contributed by atoms with Gasteiger partial charge in [-0.3, -0.25) is 0 Å². The van der Waals surface area contributed by atoms with E-state index in [1.165, 1.54) is 6.92 Å². The third-order valence-corrected chi connectivity index (χ3v) is 0.436. The Kier molecular flexibility index (Phi) is 3.93. The largest absolute Gasteiger partial charge is 0.391 e. The molecule has 0 aromatic carbocycles. The first-order valence-electron chi connectivity index (χ1n) is 2.09. The summed E-state index contributed by atoms with van der Waals surface area (Å²) in [7, 11) is 0. The van der Waals surface area contributed by atoms with Gasteiger partial charge >= 0.3 is 0 Å². The Balaban J connectivity index is 2.68. The summed E-state index contributed by atoms with van der Waals surface area (Å²) >= 11 is 0. The molecule has 0 aromatic heterocycles. The van der Waals surface area contributed by atoms with Crippen LogP contribution in [0, 0.1) is 0 Å². The molecule has 0 fully saturated rings. The number of aliphatic hydroxyl groups is 1. The molecule has 0 aromatic rings. The summed E-state index contributed by atoms with van der Waals surface area (Å²) in [5.74, 6) is 0. The van der Waals surface area contributed by atoms with Gasteiger partial charge in [0.25, 0.3) is 0 Å². The molecule has 0 spiro atoms. The fourth-order valence-corrected chi connectivity index (χ4v) is 0.215. The van der Waals surface area contributed by atoms with E-state index < -0.39 is 13.0 Å².